The first-order chi connectivity index (χ1) is 7.49. The molecule has 0 amide bonds. The monoisotopic (exact) mass is 216 g/mol. The highest BCUT2D eigenvalue weighted by Gasteiger charge is 2.24. The lowest BCUT2D eigenvalue weighted by atomic mass is 9.89. The van der Waals surface area contributed by atoms with E-state index in [4.69, 9.17) is 22.9 Å². The fourth-order valence-electron chi connectivity index (χ4n) is 1.68. The number of anilines is 1. The van der Waals surface area contributed by atoms with E-state index in [9.17, 15) is 0 Å². The normalized spacial score (nSPS) is 22.9. The molecular weight excluding hydrogens is 200 g/mol. The molecule has 1 aromatic rings. The summed E-state index contributed by atoms with van der Waals surface area (Å²) in [5.41, 5.74) is 24.3. The molecule has 1 atom stereocenters. The van der Waals surface area contributed by atoms with Crippen LogP contribution in [-0.4, -0.2) is 5.66 Å². The summed E-state index contributed by atoms with van der Waals surface area (Å²) in [6.45, 7) is 0. The minimum atomic E-state index is -1.02. The lowest BCUT2D eigenvalue weighted by Crippen LogP contribution is -2.52. The van der Waals surface area contributed by atoms with Crippen molar-refractivity contribution in [3.05, 3.63) is 53.8 Å². The highest BCUT2D eigenvalue weighted by Crippen LogP contribution is 2.26. The molecule has 0 fully saturated rings. The van der Waals surface area contributed by atoms with Gasteiger partial charge in [-0.15, -0.1) is 0 Å². The predicted molar refractivity (Wildman–Crippen MR) is 66.1 cm³/mol. The van der Waals surface area contributed by atoms with Crippen molar-refractivity contribution in [1.82, 2.24) is 0 Å². The molecule has 84 valence electrons. The van der Waals surface area contributed by atoms with E-state index in [1.54, 1.807) is 6.08 Å². The number of nitrogens with two attached hydrogens (primary N) is 4. The van der Waals surface area contributed by atoms with Crippen molar-refractivity contribution in [2.45, 2.75) is 11.6 Å². The molecule has 0 saturated heterocycles. The van der Waals surface area contributed by atoms with Gasteiger partial charge in [-0.1, -0.05) is 24.3 Å². The van der Waals surface area contributed by atoms with Crippen LogP contribution in [0, 0.1) is 0 Å². The molecule has 1 aliphatic rings. The van der Waals surface area contributed by atoms with E-state index in [0.29, 0.717) is 5.70 Å². The van der Waals surface area contributed by atoms with E-state index in [-0.39, 0.29) is 5.92 Å². The van der Waals surface area contributed by atoms with Gasteiger partial charge in [0.15, 0.2) is 0 Å². The van der Waals surface area contributed by atoms with Crippen LogP contribution < -0.4 is 22.9 Å². The summed E-state index contributed by atoms with van der Waals surface area (Å²) in [5, 5.41) is 0. The Morgan fingerprint density at radius 2 is 1.62 bits per heavy atom. The topological polar surface area (TPSA) is 104 Å². The van der Waals surface area contributed by atoms with Gasteiger partial charge in [-0.25, -0.2) is 0 Å². The van der Waals surface area contributed by atoms with Gasteiger partial charge in [0.2, 0.25) is 0 Å². The SMILES string of the molecule is NC1=CC(c2ccc(N)cc2)C=CC1(N)N. The second-order valence-corrected chi connectivity index (χ2v) is 4.11. The van der Waals surface area contributed by atoms with Crippen molar-refractivity contribution < 1.29 is 0 Å². The average molecular weight is 216 g/mol. The smallest absolute Gasteiger partial charge is 0.124 e. The molecule has 0 saturated carbocycles. The van der Waals surface area contributed by atoms with Crippen molar-refractivity contribution in [3.63, 3.8) is 0 Å². The van der Waals surface area contributed by atoms with Gasteiger partial charge >= 0.3 is 0 Å². The molecule has 0 bridgehead atoms. The van der Waals surface area contributed by atoms with Crippen molar-refractivity contribution in [2.24, 2.45) is 17.2 Å². The molecule has 0 aliphatic heterocycles. The van der Waals surface area contributed by atoms with Crippen LogP contribution in [0.1, 0.15) is 11.5 Å². The first-order valence-electron chi connectivity index (χ1n) is 5.09. The maximum Gasteiger partial charge on any atom is 0.124 e. The third-order valence-corrected chi connectivity index (χ3v) is 2.76. The Labute approximate surface area is 94.6 Å². The standard InChI is InChI=1S/C12H16N4/c13-10-3-1-8(2-4-10)9-5-6-12(15,16)11(14)7-9/h1-7,9H,13-16H2. The Bertz CT molecular complexity index is 443. The molecule has 0 aromatic heterocycles. The van der Waals surface area contributed by atoms with Gasteiger partial charge in [-0.05, 0) is 23.8 Å². The molecule has 0 spiro atoms. The predicted octanol–water partition coefficient (Wildman–Crippen LogP) is 0.379. The summed E-state index contributed by atoms with van der Waals surface area (Å²) in [5.74, 6) is 0.112. The highest BCUT2D eigenvalue weighted by molar-refractivity contribution is 5.44. The third-order valence-electron chi connectivity index (χ3n) is 2.76. The minimum absolute atomic E-state index is 0.112. The van der Waals surface area contributed by atoms with Gasteiger partial charge in [-0.3, -0.25) is 0 Å². The van der Waals surface area contributed by atoms with Crippen LogP contribution in [0.4, 0.5) is 5.69 Å². The molecule has 4 heteroatoms. The molecule has 1 aromatic carbocycles. The first-order valence-corrected chi connectivity index (χ1v) is 5.09. The molecule has 1 unspecified atom stereocenters. The molecule has 0 radical (unpaired) electrons. The van der Waals surface area contributed by atoms with Gasteiger partial charge in [0.05, 0.1) is 0 Å². The van der Waals surface area contributed by atoms with E-state index in [1.807, 2.05) is 36.4 Å². The third kappa shape index (κ3) is 1.93. The van der Waals surface area contributed by atoms with Crippen molar-refractivity contribution in [1.29, 1.82) is 0 Å². The van der Waals surface area contributed by atoms with Gasteiger partial charge in [-0.2, -0.15) is 0 Å². The fraction of sp³-hybridized carbons (Fsp3) is 0.167. The van der Waals surface area contributed by atoms with Crippen molar-refractivity contribution in [2.75, 3.05) is 5.73 Å². The van der Waals surface area contributed by atoms with Gasteiger partial charge in [0, 0.05) is 17.3 Å². The molecule has 8 N–H and O–H groups in total. The van der Waals surface area contributed by atoms with E-state index >= 15 is 0 Å². The van der Waals surface area contributed by atoms with Crippen LogP contribution in [0.15, 0.2) is 48.2 Å². The summed E-state index contributed by atoms with van der Waals surface area (Å²) in [6, 6.07) is 7.65. The Hall–Kier alpha value is -1.78. The zero-order valence-electron chi connectivity index (χ0n) is 8.93. The molecule has 16 heavy (non-hydrogen) atoms. The second-order valence-electron chi connectivity index (χ2n) is 4.11. The Kier molecular flexibility index (Phi) is 2.46. The molecular formula is C12H16N4. The Morgan fingerprint density at radius 1 is 1.00 bits per heavy atom. The molecule has 4 nitrogen and oxygen atoms in total. The number of rotatable bonds is 1. The minimum Gasteiger partial charge on any atom is -0.399 e. The van der Waals surface area contributed by atoms with Gasteiger partial charge in [0.25, 0.3) is 0 Å². The number of hydrogen-bond acceptors (Lipinski definition) is 4. The Balaban J connectivity index is 2.29. The van der Waals surface area contributed by atoms with E-state index in [2.05, 4.69) is 0 Å². The van der Waals surface area contributed by atoms with Crippen LogP contribution in [-0.2, 0) is 0 Å². The summed E-state index contributed by atoms with van der Waals surface area (Å²) in [7, 11) is 0. The summed E-state index contributed by atoms with van der Waals surface area (Å²) in [6.07, 6.45) is 5.54. The van der Waals surface area contributed by atoms with Crippen LogP contribution in [0.2, 0.25) is 0 Å². The lowest BCUT2D eigenvalue weighted by molar-refractivity contribution is 0.621. The molecule has 1 aliphatic carbocycles. The zero-order valence-corrected chi connectivity index (χ0v) is 8.93. The lowest BCUT2D eigenvalue weighted by Gasteiger charge is -2.27. The second kappa shape index (κ2) is 3.66. The number of hydrogen-bond donors (Lipinski definition) is 4. The number of nitrogen functional groups attached to an aromatic ring is 1. The van der Waals surface area contributed by atoms with E-state index < -0.39 is 5.66 Å². The summed E-state index contributed by atoms with van der Waals surface area (Å²) >= 11 is 0. The van der Waals surface area contributed by atoms with Gasteiger partial charge in [0.1, 0.15) is 5.66 Å². The fourth-order valence-corrected chi connectivity index (χ4v) is 1.68. The van der Waals surface area contributed by atoms with Crippen molar-refractivity contribution >= 4 is 5.69 Å². The summed E-state index contributed by atoms with van der Waals surface area (Å²) < 4.78 is 0. The molecule has 0 heterocycles. The van der Waals surface area contributed by atoms with Crippen LogP contribution >= 0.6 is 0 Å². The maximum absolute atomic E-state index is 5.81. The van der Waals surface area contributed by atoms with E-state index in [1.165, 1.54) is 0 Å². The van der Waals surface area contributed by atoms with E-state index in [0.717, 1.165) is 11.3 Å². The first kappa shape index (κ1) is 10.7. The highest BCUT2D eigenvalue weighted by atomic mass is 15.0. The number of allylic oxidation sites excluding steroid dienone is 2. The number of benzene rings is 1. The Morgan fingerprint density at radius 3 is 2.19 bits per heavy atom. The maximum atomic E-state index is 5.81. The van der Waals surface area contributed by atoms with Crippen LogP contribution in [0.25, 0.3) is 0 Å². The van der Waals surface area contributed by atoms with Gasteiger partial charge < -0.3 is 22.9 Å². The van der Waals surface area contributed by atoms with Crippen LogP contribution in [0.3, 0.4) is 0 Å². The quantitative estimate of drug-likeness (QED) is 0.309. The molecule has 2 rings (SSSR count). The summed E-state index contributed by atoms with van der Waals surface area (Å²) in [4.78, 5) is 0. The van der Waals surface area contributed by atoms with Crippen molar-refractivity contribution in [3.8, 4) is 0 Å². The van der Waals surface area contributed by atoms with Crippen LogP contribution in [0.5, 0.6) is 0 Å². The largest absolute Gasteiger partial charge is 0.399 e. The zero-order chi connectivity index (χ0) is 11.8. The average Bonchev–Trinajstić information content (AvgIpc) is 2.24.